The van der Waals surface area contributed by atoms with Crippen molar-refractivity contribution < 1.29 is 9.53 Å². The van der Waals surface area contributed by atoms with Gasteiger partial charge in [-0.25, -0.2) is 4.98 Å². The van der Waals surface area contributed by atoms with Crippen molar-refractivity contribution in [1.82, 2.24) is 4.98 Å². The zero-order valence-electron chi connectivity index (χ0n) is 11.0. The molecule has 0 bridgehead atoms. The largest absolute Gasteiger partial charge is 0.492 e. The highest BCUT2D eigenvalue weighted by atomic mass is 16.5. The van der Waals surface area contributed by atoms with Gasteiger partial charge in [0.1, 0.15) is 11.6 Å². The van der Waals surface area contributed by atoms with Crippen molar-refractivity contribution >= 4 is 19.6 Å². The van der Waals surface area contributed by atoms with E-state index in [4.69, 9.17) is 12.6 Å². The third-order valence-electron chi connectivity index (χ3n) is 2.37. The maximum atomic E-state index is 11.0. The molecule has 18 heavy (non-hydrogen) atoms. The topological polar surface area (TPSA) is 51.2 Å². The molecule has 0 aromatic carbocycles. The summed E-state index contributed by atoms with van der Waals surface area (Å²) in [6, 6.07) is 3.50. The van der Waals surface area contributed by atoms with Crippen LogP contribution >= 0.6 is 0 Å². The first kappa shape index (κ1) is 14.5. The Kier molecular flexibility index (Phi) is 6.26. The summed E-state index contributed by atoms with van der Waals surface area (Å²) >= 11 is 0. The van der Waals surface area contributed by atoms with Crippen LogP contribution in [0.4, 0.5) is 5.82 Å². The second-order valence-electron chi connectivity index (χ2n) is 3.89. The number of pyridine rings is 1. The van der Waals surface area contributed by atoms with Crippen LogP contribution in [-0.2, 0) is 4.79 Å². The number of carbonyl (C=O) groups is 1. The van der Waals surface area contributed by atoms with Crippen molar-refractivity contribution in [3.63, 3.8) is 0 Å². The molecule has 1 aliphatic rings. The summed E-state index contributed by atoms with van der Waals surface area (Å²) in [6.07, 6.45) is 4.09. The van der Waals surface area contributed by atoms with E-state index in [0.29, 0.717) is 5.82 Å². The highest BCUT2D eigenvalue weighted by Crippen LogP contribution is 2.29. The molecule has 2 rings (SSSR count). The molecule has 4 nitrogen and oxygen atoms in total. The smallest absolute Gasteiger partial charge is 0.216 e. The Morgan fingerprint density at radius 2 is 2.22 bits per heavy atom. The van der Waals surface area contributed by atoms with Gasteiger partial charge in [-0.1, -0.05) is 13.8 Å². The van der Waals surface area contributed by atoms with Crippen LogP contribution in [-0.4, -0.2) is 25.3 Å². The molecule has 0 atom stereocenters. The van der Waals surface area contributed by atoms with Gasteiger partial charge >= 0.3 is 0 Å². The third kappa shape index (κ3) is 5.21. The molecule has 1 aromatic heterocycles. The van der Waals surface area contributed by atoms with Crippen molar-refractivity contribution in [2.24, 2.45) is 5.92 Å². The molecule has 5 heteroatoms. The average molecular weight is 246 g/mol. The number of amides is 1. The van der Waals surface area contributed by atoms with Crippen molar-refractivity contribution in [3.05, 3.63) is 18.3 Å². The highest BCUT2D eigenvalue weighted by molar-refractivity contribution is 6.22. The summed E-state index contributed by atoms with van der Waals surface area (Å²) in [4.78, 5) is 15.0. The lowest BCUT2D eigenvalue weighted by Gasteiger charge is -2.06. The van der Waals surface area contributed by atoms with Gasteiger partial charge in [-0.15, -0.1) is 0 Å². The van der Waals surface area contributed by atoms with Gasteiger partial charge in [0.2, 0.25) is 5.91 Å². The normalized spacial score (nSPS) is 13.2. The molecule has 0 aliphatic heterocycles. The molecule has 1 saturated carbocycles. The van der Waals surface area contributed by atoms with Crippen LogP contribution in [0.3, 0.4) is 0 Å². The van der Waals surface area contributed by atoms with E-state index in [1.807, 2.05) is 13.8 Å². The fourth-order valence-electron chi connectivity index (χ4n) is 1.23. The SMILES string of the molecule is CC.[B]CC(=O)Nc1ccc(OCC2CC2)cn1. The number of nitrogens with one attached hydrogen (secondary N) is 1. The number of ether oxygens (including phenoxy) is 1. The molecule has 0 spiro atoms. The quantitative estimate of drug-likeness (QED) is 0.811. The highest BCUT2D eigenvalue weighted by Gasteiger charge is 2.21. The van der Waals surface area contributed by atoms with Crippen LogP contribution in [0.15, 0.2) is 18.3 Å². The van der Waals surface area contributed by atoms with E-state index in [9.17, 15) is 4.79 Å². The van der Waals surface area contributed by atoms with Gasteiger partial charge in [-0.05, 0) is 37.2 Å². The van der Waals surface area contributed by atoms with Crippen LogP contribution in [0.2, 0.25) is 6.32 Å². The predicted octanol–water partition coefficient (Wildman–Crippen LogP) is 2.42. The minimum Gasteiger partial charge on any atom is -0.492 e. The van der Waals surface area contributed by atoms with Gasteiger partial charge in [-0.3, -0.25) is 4.79 Å². The van der Waals surface area contributed by atoms with Gasteiger partial charge in [0.15, 0.2) is 0 Å². The van der Waals surface area contributed by atoms with E-state index in [1.165, 1.54) is 12.8 Å². The fourth-order valence-corrected chi connectivity index (χ4v) is 1.23. The van der Waals surface area contributed by atoms with Crippen LogP contribution in [0.1, 0.15) is 26.7 Å². The molecular formula is C13H19BN2O2. The first-order chi connectivity index (χ1) is 8.78. The average Bonchev–Trinajstić information content (AvgIpc) is 3.24. The van der Waals surface area contributed by atoms with Crippen LogP contribution in [0, 0.1) is 5.92 Å². The van der Waals surface area contributed by atoms with Crippen LogP contribution in [0.25, 0.3) is 0 Å². The van der Waals surface area contributed by atoms with Gasteiger partial charge in [0, 0.05) is 0 Å². The molecule has 1 fully saturated rings. The summed E-state index contributed by atoms with van der Waals surface area (Å²) in [5.41, 5.74) is 0. The van der Waals surface area contributed by atoms with E-state index in [0.717, 1.165) is 18.3 Å². The standard InChI is InChI=1S/C11H13BN2O2.C2H6/c12-5-11(15)14-10-4-3-9(6-13-10)16-7-8-1-2-8;1-2/h3-4,6,8H,1-2,5,7H2,(H,13,14,15);1-2H3. The fraction of sp³-hybridized carbons (Fsp3) is 0.538. The van der Waals surface area contributed by atoms with E-state index in [1.54, 1.807) is 18.3 Å². The summed E-state index contributed by atoms with van der Waals surface area (Å²) in [5.74, 6) is 1.70. The number of rotatable bonds is 5. The summed E-state index contributed by atoms with van der Waals surface area (Å²) in [6.45, 7) is 4.76. The van der Waals surface area contributed by atoms with Crippen LogP contribution < -0.4 is 10.1 Å². The number of nitrogens with zero attached hydrogens (tertiary/aromatic N) is 1. The first-order valence-corrected chi connectivity index (χ1v) is 6.36. The van der Waals surface area contributed by atoms with E-state index >= 15 is 0 Å². The Bertz CT molecular complexity index is 364. The third-order valence-corrected chi connectivity index (χ3v) is 2.37. The number of hydrogen-bond donors (Lipinski definition) is 1. The van der Waals surface area contributed by atoms with Crippen molar-refractivity contribution in [2.45, 2.75) is 33.0 Å². The Balaban J connectivity index is 0.000000771. The second kappa shape index (κ2) is 7.74. The lowest BCUT2D eigenvalue weighted by molar-refractivity contribution is -0.114. The second-order valence-corrected chi connectivity index (χ2v) is 3.89. The molecule has 0 unspecified atom stereocenters. The number of anilines is 1. The van der Waals surface area contributed by atoms with Gasteiger partial charge in [-0.2, -0.15) is 0 Å². The number of aromatic nitrogens is 1. The Morgan fingerprint density at radius 1 is 1.50 bits per heavy atom. The monoisotopic (exact) mass is 246 g/mol. The van der Waals surface area contributed by atoms with Gasteiger partial charge < -0.3 is 10.1 Å². The molecular weight excluding hydrogens is 227 g/mol. The summed E-state index contributed by atoms with van der Waals surface area (Å²) in [7, 11) is 5.17. The molecule has 96 valence electrons. The molecule has 1 N–H and O–H groups in total. The molecule has 2 radical (unpaired) electrons. The zero-order chi connectivity index (χ0) is 13.4. The van der Waals surface area contributed by atoms with E-state index < -0.39 is 0 Å². The zero-order valence-corrected chi connectivity index (χ0v) is 11.0. The summed E-state index contributed by atoms with van der Waals surface area (Å²) < 4.78 is 5.52. The van der Waals surface area contributed by atoms with Crippen molar-refractivity contribution in [2.75, 3.05) is 11.9 Å². The first-order valence-electron chi connectivity index (χ1n) is 6.36. The molecule has 1 aliphatic carbocycles. The van der Waals surface area contributed by atoms with Gasteiger partial charge in [0.05, 0.1) is 20.7 Å². The molecule has 0 saturated heterocycles. The van der Waals surface area contributed by atoms with Gasteiger partial charge in [0.25, 0.3) is 0 Å². The Hall–Kier alpha value is -1.52. The molecule has 1 amide bonds. The van der Waals surface area contributed by atoms with Crippen molar-refractivity contribution in [1.29, 1.82) is 0 Å². The Labute approximate surface area is 110 Å². The lowest BCUT2D eigenvalue weighted by Crippen LogP contribution is -2.11. The minimum absolute atomic E-state index is 0.0401. The molecule has 1 aromatic rings. The molecule has 1 heterocycles. The predicted molar refractivity (Wildman–Crippen MR) is 73.0 cm³/mol. The van der Waals surface area contributed by atoms with E-state index in [-0.39, 0.29) is 12.2 Å². The lowest BCUT2D eigenvalue weighted by atomic mass is 10.1. The van der Waals surface area contributed by atoms with Crippen molar-refractivity contribution in [3.8, 4) is 5.75 Å². The number of hydrogen-bond acceptors (Lipinski definition) is 3. The number of carbonyl (C=O) groups excluding carboxylic acids is 1. The van der Waals surface area contributed by atoms with E-state index in [2.05, 4.69) is 10.3 Å². The minimum atomic E-state index is -0.251. The maximum absolute atomic E-state index is 11.0. The summed E-state index contributed by atoms with van der Waals surface area (Å²) in [5, 5.41) is 2.57. The maximum Gasteiger partial charge on any atom is 0.216 e. The van der Waals surface area contributed by atoms with Crippen LogP contribution in [0.5, 0.6) is 5.75 Å². The Morgan fingerprint density at radius 3 is 2.72 bits per heavy atom.